The van der Waals surface area contributed by atoms with Crippen LogP contribution >= 0.6 is 35.6 Å². The van der Waals surface area contributed by atoms with Crippen LogP contribution in [0.15, 0.2) is 29.3 Å². The number of guanidine groups is 1. The molecular weight excluding hydrogens is 503 g/mol. The Morgan fingerprint density at radius 2 is 2.07 bits per heavy atom. The van der Waals surface area contributed by atoms with Crippen molar-refractivity contribution < 1.29 is 9.53 Å². The van der Waals surface area contributed by atoms with Crippen LogP contribution < -0.4 is 15.4 Å². The van der Waals surface area contributed by atoms with Gasteiger partial charge in [0.2, 0.25) is 5.91 Å². The van der Waals surface area contributed by atoms with Crippen LogP contribution in [0, 0.1) is 5.92 Å². The Bertz CT molecular complexity index is 682. The lowest BCUT2D eigenvalue weighted by Crippen LogP contribution is -2.46. The van der Waals surface area contributed by atoms with Crippen molar-refractivity contribution in [2.45, 2.75) is 44.6 Å². The van der Waals surface area contributed by atoms with Crippen LogP contribution in [0.3, 0.4) is 0 Å². The van der Waals surface area contributed by atoms with Crippen LogP contribution in [0.2, 0.25) is 5.02 Å². The molecule has 1 amide bonds. The zero-order valence-corrected chi connectivity index (χ0v) is 20.1. The fourth-order valence-electron chi connectivity index (χ4n) is 3.97. The van der Waals surface area contributed by atoms with Crippen molar-refractivity contribution in [2.24, 2.45) is 10.9 Å². The molecule has 1 saturated carbocycles. The summed E-state index contributed by atoms with van der Waals surface area (Å²) >= 11 is 5.96. The number of hydrogen-bond acceptors (Lipinski definition) is 3. The third-order valence-electron chi connectivity index (χ3n) is 5.48. The summed E-state index contributed by atoms with van der Waals surface area (Å²) in [6.07, 6.45) is 6.74. The zero-order chi connectivity index (χ0) is 19.8. The topological polar surface area (TPSA) is 66.0 Å². The van der Waals surface area contributed by atoms with E-state index in [0.29, 0.717) is 24.1 Å². The molecule has 1 atom stereocenters. The van der Waals surface area contributed by atoms with Crippen LogP contribution in [0.4, 0.5) is 0 Å². The maximum Gasteiger partial charge on any atom is 0.225 e. The number of likely N-dealkylation sites (tertiary alicyclic amines) is 1. The highest BCUT2D eigenvalue weighted by Crippen LogP contribution is 2.26. The second-order valence-electron chi connectivity index (χ2n) is 7.55. The summed E-state index contributed by atoms with van der Waals surface area (Å²) < 4.78 is 5.68. The first-order valence-corrected chi connectivity index (χ1v) is 10.7. The van der Waals surface area contributed by atoms with E-state index in [1.807, 2.05) is 23.1 Å². The van der Waals surface area contributed by atoms with Gasteiger partial charge in [0.15, 0.2) is 5.96 Å². The minimum Gasteiger partial charge on any atom is -0.492 e. The number of ether oxygens (including phenoxy) is 1. The Balaban J connectivity index is 0.00000300. The van der Waals surface area contributed by atoms with Crippen molar-refractivity contribution >= 4 is 47.4 Å². The van der Waals surface area contributed by atoms with Gasteiger partial charge < -0.3 is 20.3 Å². The van der Waals surface area contributed by atoms with E-state index in [0.717, 1.165) is 44.1 Å². The first-order valence-electron chi connectivity index (χ1n) is 10.3. The summed E-state index contributed by atoms with van der Waals surface area (Å²) in [4.78, 5) is 19.0. The lowest BCUT2D eigenvalue weighted by molar-refractivity contribution is -0.135. The molecule has 2 aliphatic rings. The molecule has 1 aromatic carbocycles. The van der Waals surface area contributed by atoms with Gasteiger partial charge in [-0.25, -0.2) is 0 Å². The van der Waals surface area contributed by atoms with Crippen LogP contribution in [-0.4, -0.2) is 56.1 Å². The molecule has 1 saturated heterocycles. The molecule has 0 aromatic heterocycles. The molecular formula is C21H32ClIN4O2. The standard InChI is InChI=1S/C21H31ClN4O2.HI/c1-23-21(24-11-13-28-19-9-5-8-17(22)14-19)25-18-10-12-26(15-18)20(27)16-6-3-2-4-7-16;/h5,8-9,14,16,18H,2-4,6-7,10-13,15H2,1H3,(H2,23,24,25);1H. The first kappa shape index (κ1) is 24.1. The molecule has 1 unspecified atom stereocenters. The van der Waals surface area contributed by atoms with Gasteiger partial charge in [-0.1, -0.05) is 36.9 Å². The number of carbonyl (C=O) groups is 1. The number of amides is 1. The van der Waals surface area contributed by atoms with Gasteiger partial charge in [-0.05, 0) is 37.5 Å². The zero-order valence-electron chi connectivity index (χ0n) is 17.0. The van der Waals surface area contributed by atoms with Gasteiger partial charge in [-0.15, -0.1) is 24.0 Å². The highest BCUT2D eigenvalue weighted by atomic mass is 127. The summed E-state index contributed by atoms with van der Waals surface area (Å²) in [5, 5.41) is 7.36. The van der Waals surface area contributed by atoms with Gasteiger partial charge in [-0.3, -0.25) is 9.79 Å². The summed E-state index contributed by atoms with van der Waals surface area (Å²) in [7, 11) is 1.76. The minimum absolute atomic E-state index is 0. The molecule has 0 bridgehead atoms. The van der Waals surface area contributed by atoms with Crippen LogP contribution in [-0.2, 0) is 4.79 Å². The van der Waals surface area contributed by atoms with Gasteiger partial charge in [0.1, 0.15) is 12.4 Å². The van der Waals surface area contributed by atoms with Crippen LogP contribution in [0.25, 0.3) is 0 Å². The minimum atomic E-state index is 0. The Morgan fingerprint density at radius 3 is 2.79 bits per heavy atom. The van der Waals surface area contributed by atoms with Crippen molar-refractivity contribution in [3.05, 3.63) is 29.3 Å². The monoisotopic (exact) mass is 534 g/mol. The second kappa shape index (κ2) is 12.5. The first-order chi connectivity index (χ1) is 13.7. The van der Waals surface area contributed by atoms with E-state index in [9.17, 15) is 4.79 Å². The van der Waals surface area contributed by atoms with Crippen molar-refractivity contribution in [1.82, 2.24) is 15.5 Å². The number of hydrogen-bond donors (Lipinski definition) is 2. The highest BCUT2D eigenvalue weighted by Gasteiger charge is 2.31. The molecule has 0 spiro atoms. The Kier molecular flexibility index (Phi) is 10.3. The molecule has 6 nitrogen and oxygen atoms in total. The van der Waals surface area contributed by atoms with Crippen molar-refractivity contribution in [3.8, 4) is 5.75 Å². The van der Waals surface area contributed by atoms with E-state index in [1.54, 1.807) is 13.1 Å². The molecule has 1 aliphatic heterocycles. The maximum atomic E-state index is 12.7. The molecule has 2 fully saturated rings. The predicted molar refractivity (Wildman–Crippen MR) is 128 cm³/mol. The fraction of sp³-hybridized carbons (Fsp3) is 0.619. The Morgan fingerprint density at radius 1 is 1.28 bits per heavy atom. The van der Waals surface area contributed by atoms with Crippen LogP contribution in [0.5, 0.6) is 5.75 Å². The Hall–Kier alpha value is -1.22. The SMILES string of the molecule is CN=C(NCCOc1cccc(Cl)c1)NC1CCN(C(=O)C2CCCCC2)C1.I. The average Bonchev–Trinajstić information content (AvgIpc) is 3.19. The summed E-state index contributed by atoms with van der Waals surface area (Å²) in [6.45, 7) is 2.73. The Labute approximate surface area is 195 Å². The third-order valence-corrected chi connectivity index (χ3v) is 5.71. The number of rotatable bonds is 6. The lowest BCUT2D eigenvalue weighted by Gasteiger charge is -2.26. The predicted octanol–water partition coefficient (Wildman–Crippen LogP) is 3.68. The van der Waals surface area contributed by atoms with Crippen molar-refractivity contribution in [2.75, 3.05) is 33.3 Å². The summed E-state index contributed by atoms with van der Waals surface area (Å²) in [5.41, 5.74) is 0. The molecule has 0 radical (unpaired) electrons. The second-order valence-corrected chi connectivity index (χ2v) is 7.99. The van der Waals surface area contributed by atoms with Crippen molar-refractivity contribution in [1.29, 1.82) is 0 Å². The average molecular weight is 535 g/mol. The molecule has 3 rings (SSSR count). The van der Waals surface area contributed by atoms with Crippen LogP contribution in [0.1, 0.15) is 38.5 Å². The van der Waals surface area contributed by atoms with E-state index < -0.39 is 0 Å². The largest absolute Gasteiger partial charge is 0.492 e. The number of carbonyl (C=O) groups excluding carboxylic acids is 1. The summed E-state index contributed by atoms with van der Waals surface area (Å²) in [5.74, 6) is 2.09. The molecule has 2 N–H and O–H groups in total. The van der Waals surface area contributed by atoms with E-state index in [2.05, 4.69) is 15.6 Å². The van der Waals surface area contributed by atoms with Gasteiger partial charge in [0.25, 0.3) is 0 Å². The quantitative estimate of drug-likeness (QED) is 0.253. The molecule has 1 aromatic rings. The van der Waals surface area contributed by atoms with Gasteiger partial charge >= 0.3 is 0 Å². The van der Waals surface area contributed by atoms with Gasteiger partial charge in [0, 0.05) is 37.1 Å². The third kappa shape index (κ3) is 7.51. The molecule has 29 heavy (non-hydrogen) atoms. The number of aliphatic imine (C=N–C) groups is 1. The number of nitrogens with one attached hydrogen (secondary N) is 2. The maximum absolute atomic E-state index is 12.7. The highest BCUT2D eigenvalue weighted by molar-refractivity contribution is 14.0. The molecule has 1 aliphatic carbocycles. The van der Waals surface area contributed by atoms with Gasteiger partial charge in [0.05, 0.1) is 6.54 Å². The molecule has 162 valence electrons. The number of benzene rings is 1. The number of nitrogens with zero attached hydrogens (tertiary/aromatic N) is 2. The smallest absolute Gasteiger partial charge is 0.225 e. The molecule has 1 heterocycles. The van der Waals surface area contributed by atoms with Crippen molar-refractivity contribution in [3.63, 3.8) is 0 Å². The van der Waals surface area contributed by atoms with E-state index in [1.165, 1.54) is 19.3 Å². The lowest BCUT2D eigenvalue weighted by atomic mass is 9.88. The van der Waals surface area contributed by atoms with Gasteiger partial charge in [-0.2, -0.15) is 0 Å². The number of halogens is 2. The van der Waals surface area contributed by atoms with E-state index >= 15 is 0 Å². The normalized spacial score (nSPS) is 20.1. The molecule has 8 heteroatoms. The van der Waals surface area contributed by atoms with E-state index in [4.69, 9.17) is 16.3 Å². The summed E-state index contributed by atoms with van der Waals surface area (Å²) in [6, 6.07) is 7.61. The van der Waals surface area contributed by atoms with E-state index in [-0.39, 0.29) is 35.9 Å². The fourth-order valence-corrected chi connectivity index (χ4v) is 4.15.